The van der Waals surface area contributed by atoms with E-state index in [-0.39, 0.29) is 0 Å². The topological polar surface area (TPSA) is 6.48 Å². The lowest BCUT2D eigenvalue weighted by Gasteiger charge is -2.43. The van der Waals surface area contributed by atoms with Gasteiger partial charge in [0.25, 0.3) is 0 Å². The van der Waals surface area contributed by atoms with E-state index in [9.17, 15) is 0 Å². The molecule has 0 aromatic heterocycles. The zero-order chi connectivity index (χ0) is 17.2. The van der Waals surface area contributed by atoms with Crippen LogP contribution in [0, 0.1) is 17.3 Å². The third-order valence-electron chi connectivity index (χ3n) is 6.29. The maximum atomic E-state index is 5.04. The molecule has 2 nitrogen and oxygen atoms in total. The molecule has 0 N–H and O–H groups in total. The van der Waals surface area contributed by atoms with Gasteiger partial charge in [0.2, 0.25) is 0 Å². The molecule has 0 radical (unpaired) electrons. The number of hydrogen-bond donors (Lipinski definition) is 1. The number of rotatable bonds is 6. The molecule has 2 atom stereocenters. The summed E-state index contributed by atoms with van der Waals surface area (Å²) in [6, 6.07) is 0.685. The molecular formula is C20H38N2S. The largest absolute Gasteiger partial charge is 0.372 e. The van der Waals surface area contributed by atoms with E-state index in [0.29, 0.717) is 22.6 Å². The van der Waals surface area contributed by atoms with Gasteiger partial charge in [-0.2, -0.15) is 12.6 Å². The summed E-state index contributed by atoms with van der Waals surface area (Å²) in [6.07, 6.45) is 6.39. The van der Waals surface area contributed by atoms with Crippen LogP contribution in [0.15, 0.2) is 11.8 Å². The van der Waals surface area contributed by atoms with Gasteiger partial charge in [0.15, 0.2) is 0 Å². The lowest BCUT2D eigenvalue weighted by molar-refractivity contribution is 0.155. The highest BCUT2D eigenvalue weighted by Gasteiger charge is 2.37. The van der Waals surface area contributed by atoms with Crippen molar-refractivity contribution in [1.29, 1.82) is 0 Å². The van der Waals surface area contributed by atoms with E-state index in [1.807, 2.05) is 0 Å². The molecule has 0 spiro atoms. The van der Waals surface area contributed by atoms with Crippen molar-refractivity contribution in [2.24, 2.45) is 17.3 Å². The molecule has 0 aromatic carbocycles. The minimum Gasteiger partial charge on any atom is -0.372 e. The molecule has 0 bridgehead atoms. The molecule has 0 saturated carbocycles. The summed E-state index contributed by atoms with van der Waals surface area (Å²) in [5, 5.41) is 0.447. The molecule has 0 aliphatic carbocycles. The van der Waals surface area contributed by atoms with Gasteiger partial charge in [-0.15, -0.1) is 0 Å². The second-order valence-corrected chi connectivity index (χ2v) is 9.51. The lowest BCUT2D eigenvalue weighted by atomic mass is 9.72. The van der Waals surface area contributed by atoms with Crippen molar-refractivity contribution in [3.8, 4) is 0 Å². The van der Waals surface area contributed by atoms with Crippen LogP contribution in [0.3, 0.4) is 0 Å². The van der Waals surface area contributed by atoms with Crippen molar-refractivity contribution in [2.75, 3.05) is 26.2 Å². The van der Waals surface area contributed by atoms with E-state index < -0.39 is 0 Å². The van der Waals surface area contributed by atoms with Crippen LogP contribution in [-0.4, -0.2) is 47.3 Å². The van der Waals surface area contributed by atoms with Crippen molar-refractivity contribution >= 4 is 12.6 Å². The van der Waals surface area contributed by atoms with Crippen LogP contribution >= 0.6 is 12.6 Å². The van der Waals surface area contributed by atoms with Crippen molar-refractivity contribution in [3.63, 3.8) is 0 Å². The normalized spacial score (nSPS) is 25.3. The summed E-state index contributed by atoms with van der Waals surface area (Å²) in [6.45, 7) is 18.9. The van der Waals surface area contributed by atoms with Gasteiger partial charge in [-0.3, -0.25) is 0 Å². The van der Waals surface area contributed by atoms with Crippen molar-refractivity contribution < 1.29 is 0 Å². The quantitative estimate of drug-likeness (QED) is 0.703. The second-order valence-electron chi connectivity index (χ2n) is 8.88. The lowest BCUT2D eigenvalue weighted by Crippen LogP contribution is -2.44. The number of hydrogen-bond acceptors (Lipinski definition) is 3. The van der Waals surface area contributed by atoms with Crippen LogP contribution in [0.5, 0.6) is 0 Å². The van der Waals surface area contributed by atoms with Crippen LogP contribution < -0.4 is 0 Å². The Morgan fingerprint density at radius 1 is 1.17 bits per heavy atom. The fourth-order valence-electron chi connectivity index (χ4n) is 4.00. The van der Waals surface area contributed by atoms with Crippen LogP contribution in [-0.2, 0) is 0 Å². The molecule has 23 heavy (non-hydrogen) atoms. The molecule has 1 fully saturated rings. The molecule has 134 valence electrons. The Balaban J connectivity index is 1.90. The van der Waals surface area contributed by atoms with Gasteiger partial charge in [-0.1, -0.05) is 27.7 Å². The maximum Gasteiger partial charge on any atom is 0.0403 e. The van der Waals surface area contributed by atoms with Gasteiger partial charge in [-0.05, 0) is 69.0 Å². The monoisotopic (exact) mass is 338 g/mol. The predicted octanol–water partition coefficient (Wildman–Crippen LogP) is 4.68. The Labute approximate surface area is 150 Å². The molecule has 2 heterocycles. The summed E-state index contributed by atoms with van der Waals surface area (Å²) in [5.41, 5.74) is 1.89. The molecule has 3 heteroatoms. The van der Waals surface area contributed by atoms with Crippen molar-refractivity contribution in [3.05, 3.63) is 11.8 Å². The van der Waals surface area contributed by atoms with Crippen LogP contribution in [0.4, 0.5) is 0 Å². The summed E-state index contributed by atoms with van der Waals surface area (Å²) in [5.74, 6) is 1.49. The molecule has 2 aliphatic rings. The third-order valence-corrected chi connectivity index (χ3v) is 7.12. The SMILES string of the molecule is CC(C)C1=CN(CC(S)C(C)(C)C2CCCN(C(C)C)CC2)C1. The zero-order valence-corrected chi connectivity index (χ0v) is 17.1. The molecule has 0 aromatic rings. The standard InChI is InChI=1S/C20H38N2S/c1-15(2)17-12-21(13-17)14-19(23)20(5,6)18-8-7-10-22(11-9-18)16(3)4/h12,15-16,18-19,23H,7-11,13-14H2,1-6H3. The van der Waals surface area contributed by atoms with E-state index in [0.717, 1.165) is 19.0 Å². The van der Waals surface area contributed by atoms with E-state index >= 15 is 0 Å². The Morgan fingerprint density at radius 3 is 2.39 bits per heavy atom. The maximum absolute atomic E-state index is 5.04. The van der Waals surface area contributed by atoms with Gasteiger partial charge in [0.1, 0.15) is 0 Å². The average Bonchev–Trinajstić information content (AvgIpc) is 2.67. The Hall–Kier alpha value is -0.150. The number of thiol groups is 1. The first-order valence-electron chi connectivity index (χ1n) is 9.58. The van der Waals surface area contributed by atoms with Crippen LogP contribution in [0.25, 0.3) is 0 Å². The van der Waals surface area contributed by atoms with Gasteiger partial charge < -0.3 is 9.80 Å². The van der Waals surface area contributed by atoms with Gasteiger partial charge in [0.05, 0.1) is 0 Å². The minimum absolute atomic E-state index is 0.303. The average molecular weight is 339 g/mol. The van der Waals surface area contributed by atoms with E-state index in [2.05, 4.69) is 57.5 Å². The summed E-state index contributed by atoms with van der Waals surface area (Å²) >= 11 is 5.04. The fourth-order valence-corrected chi connectivity index (χ4v) is 4.42. The molecule has 2 aliphatic heterocycles. The second kappa shape index (κ2) is 7.82. The fraction of sp³-hybridized carbons (Fsp3) is 0.900. The highest BCUT2D eigenvalue weighted by molar-refractivity contribution is 7.81. The van der Waals surface area contributed by atoms with Gasteiger partial charge >= 0.3 is 0 Å². The van der Waals surface area contributed by atoms with E-state index in [1.165, 1.54) is 32.4 Å². The van der Waals surface area contributed by atoms with Crippen molar-refractivity contribution in [2.45, 2.75) is 72.1 Å². The van der Waals surface area contributed by atoms with Gasteiger partial charge in [0, 0.05) is 30.6 Å². The highest BCUT2D eigenvalue weighted by Crippen LogP contribution is 2.41. The molecule has 1 saturated heterocycles. The molecule has 2 rings (SSSR count). The van der Waals surface area contributed by atoms with E-state index in [1.54, 1.807) is 5.57 Å². The van der Waals surface area contributed by atoms with Gasteiger partial charge in [-0.25, -0.2) is 0 Å². The first-order chi connectivity index (χ1) is 10.7. The minimum atomic E-state index is 0.303. The first-order valence-corrected chi connectivity index (χ1v) is 10.1. The zero-order valence-electron chi connectivity index (χ0n) is 16.2. The predicted molar refractivity (Wildman–Crippen MR) is 105 cm³/mol. The molecule has 2 unspecified atom stereocenters. The first kappa shape index (κ1) is 19.2. The number of likely N-dealkylation sites (tertiary alicyclic amines) is 1. The highest BCUT2D eigenvalue weighted by atomic mass is 32.1. The third kappa shape index (κ3) is 4.69. The smallest absolute Gasteiger partial charge is 0.0403 e. The van der Waals surface area contributed by atoms with Crippen LogP contribution in [0.1, 0.15) is 60.8 Å². The molecule has 0 amide bonds. The van der Waals surface area contributed by atoms with Crippen LogP contribution in [0.2, 0.25) is 0 Å². The summed E-state index contributed by atoms with van der Waals surface area (Å²) in [7, 11) is 0. The Kier molecular flexibility index (Phi) is 6.52. The Morgan fingerprint density at radius 2 is 1.83 bits per heavy atom. The summed E-state index contributed by atoms with van der Waals surface area (Å²) in [4.78, 5) is 5.11. The molecular weight excluding hydrogens is 300 g/mol. The Bertz CT molecular complexity index is 414. The number of nitrogens with zero attached hydrogens (tertiary/aromatic N) is 2. The van der Waals surface area contributed by atoms with Crippen molar-refractivity contribution in [1.82, 2.24) is 9.80 Å². The summed E-state index contributed by atoms with van der Waals surface area (Å²) < 4.78 is 0. The van der Waals surface area contributed by atoms with E-state index in [4.69, 9.17) is 12.6 Å².